The Kier molecular flexibility index (Phi) is 3.65. The Morgan fingerprint density at radius 2 is 2.13 bits per heavy atom. The molecule has 0 aliphatic heterocycles. The smallest absolute Gasteiger partial charge is 0.165 e. The Balaban J connectivity index is 2.59. The quantitative estimate of drug-likeness (QED) is 0.729. The molecule has 0 aliphatic rings. The largest absolute Gasteiger partial charge is 0.748 e. The maximum atomic E-state index is 13.1. The first kappa shape index (κ1) is 11.9. The molecule has 0 radical (unpaired) electrons. The van der Waals surface area contributed by atoms with Crippen molar-refractivity contribution >= 4 is 10.1 Å². The van der Waals surface area contributed by atoms with E-state index < -0.39 is 21.7 Å². The van der Waals surface area contributed by atoms with Crippen molar-refractivity contribution in [1.82, 2.24) is 0 Å². The molecule has 15 heavy (non-hydrogen) atoms. The minimum Gasteiger partial charge on any atom is -0.748 e. The molecule has 0 fully saturated rings. The number of rotatable bonds is 4. The summed E-state index contributed by atoms with van der Waals surface area (Å²) in [6.45, 7) is 1.38. The summed E-state index contributed by atoms with van der Waals surface area (Å²) >= 11 is 0. The van der Waals surface area contributed by atoms with E-state index >= 15 is 0 Å². The maximum Gasteiger partial charge on any atom is 0.165 e. The molecule has 0 amide bonds. The molecule has 1 aromatic rings. The molecule has 0 unspecified atom stereocenters. The van der Waals surface area contributed by atoms with Crippen molar-refractivity contribution in [3.63, 3.8) is 0 Å². The predicted octanol–water partition coefficient (Wildman–Crippen LogP) is 1.06. The molecule has 0 aliphatic carbocycles. The second-order valence-corrected chi connectivity index (χ2v) is 4.57. The number of halogens is 1. The number of hydrogen-bond donors (Lipinski definition) is 0. The highest BCUT2D eigenvalue weighted by Crippen LogP contribution is 2.17. The Labute approximate surface area is 87.4 Å². The molecule has 0 heterocycles. The third-order valence-electron chi connectivity index (χ3n) is 1.68. The average molecular weight is 233 g/mol. The number of aryl methyl sites for hydroxylation is 1. The highest BCUT2D eigenvalue weighted by atomic mass is 32.2. The Bertz CT molecular complexity index is 441. The van der Waals surface area contributed by atoms with Crippen LogP contribution in [-0.4, -0.2) is 25.3 Å². The molecule has 0 atom stereocenters. The highest BCUT2D eigenvalue weighted by molar-refractivity contribution is 7.85. The lowest BCUT2D eigenvalue weighted by atomic mass is 10.2. The van der Waals surface area contributed by atoms with Gasteiger partial charge in [-0.25, -0.2) is 12.8 Å². The first-order valence-corrected chi connectivity index (χ1v) is 5.79. The molecule has 4 nitrogen and oxygen atoms in total. The molecule has 0 saturated carbocycles. The van der Waals surface area contributed by atoms with Crippen LogP contribution >= 0.6 is 0 Å². The molecule has 6 heteroatoms. The number of hydrogen-bond acceptors (Lipinski definition) is 4. The minimum atomic E-state index is -4.31. The summed E-state index contributed by atoms with van der Waals surface area (Å²) in [5.41, 5.74) is 0.733. The van der Waals surface area contributed by atoms with Crippen LogP contribution in [0.1, 0.15) is 5.56 Å². The summed E-state index contributed by atoms with van der Waals surface area (Å²) in [7, 11) is -4.31. The van der Waals surface area contributed by atoms with E-state index in [9.17, 15) is 17.4 Å². The third kappa shape index (κ3) is 4.26. The molecule has 1 aromatic carbocycles. The average Bonchev–Trinajstić information content (AvgIpc) is 2.07. The van der Waals surface area contributed by atoms with E-state index in [0.717, 1.165) is 5.56 Å². The van der Waals surface area contributed by atoms with Gasteiger partial charge in [0, 0.05) is 0 Å². The van der Waals surface area contributed by atoms with Gasteiger partial charge in [-0.3, -0.25) is 0 Å². The van der Waals surface area contributed by atoms with Crippen LogP contribution < -0.4 is 4.74 Å². The first-order chi connectivity index (χ1) is 6.88. The Morgan fingerprint density at radius 1 is 1.47 bits per heavy atom. The fourth-order valence-corrected chi connectivity index (χ4v) is 1.26. The van der Waals surface area contributed by atoms with Crippen LogP contribution in [0.2, 0.25) is 0 Å². The van der Waals surface area contributed by atoms with E-state index in [1.54, 1.807) is 13.0 Å². The molecule has 0 spiro atoms. The van der Waals surface area contributed by atoms with E-state index in [1.807, 2.05) is 0 Å². The second kappa shape index (κ2) is 4.59. The molecule has 0 bridgehead atoms. The van der Waals surface area contributed by atoms with Gasteiger partial charge in [0.25, 0.3) is 0 Å². The summed E-state index contributed by atoms with van der Waals surface area (Å²) in [6.07, 6.45) is 0. The summed E-state index contributed by atoms with van der Waals surface area (Å²) in [4.78, 5) is 0. The molecular formula is C9H10FO4S-. The van der Waals surface area contributed by atoms with Gasteiger partial charge >= 0.3 is 0 Å². The fraction of sp³-hybridized carbons (Fsp3) is 0.333. The van der Waals surface area contributed by atoms with Gasteiger partial charge in [0.05, 0.1) is 15.9 Å². The maximum absolute atomic E-state index is 13.1. The van der Waals surface area contributed by atoms with E-state index in [1.165, 1.54) is 12.1 Å². The van der Waals surface area contributed by atoms with Crippen LogP contribution in [0.5, 0.6) is 5.75 Å². The standard InChI is InChI=1S/C9H11FO4S/c1-7-2-3-9(8(10)6-7)14-4-5-15(11,12)13/h2-3,6H,4-5H2,1H3,(H,11,12,13)/p-1. The van der Waals surface area contributed by atoms with Crippen LogP contribution in [-0.2, 0) is 10.1 Å². The minimum absolute atomic E-state index is 0.0516. The van der Waals surface area contributed by atoms with Gasteiger partial charge in [0.15, 0.2) is 11.6 Å². The van der Waals surface area contributed by atoms with E-state index in [-0.39, 0.29) is 12.4 Å². The molecule has 84 valence electrons. The van der Waals surface area contributed by atoms with Gasteiger partial charge in [0.2, 0.25) is 0 Å². The fourth-order valence-electron chi connectivity index (χ4n) is 0.977. The van der Waals surface area contributed by atoms with Gasteiger partial charge < -0.3 is 9.29 Å². The number of benzene rings is 1. The summed E-state index contributed by atoms with van der Waals surface area (Å²) in [5, 5.41) is 0. The molecule has 0 N–H and O–H groups in total. The molecule has 0 aromatic heterocycles. The van der Waals surface area contributed by atoms with Gasteiger partial charge in [-0.15, -0.1) is 0 Å². The van der Waals surface area contributed by atoms with Crippen molar-refractivity contribution in [2.75, 3.05) is 12.4 Å². The molecule has 1 rings (SSSR count). The SMILES string of the molecule is Cc1ccc(OCCS(=O)(=O)[O-])c(F)c1. The monoisotopic (exact) mass is 233 g/mol. The molecular weight excluding hydrogens is 223 g/mol. The first-order valence-electron chi connectivity index (χ1n) is 4.21. The lowest BCUT2D eigenvalue weighted by molar-refractivity contribution is 0.317. The predicted molar refractivity (Wildman–Crippen MR) is 51.2 cm³/mol. The summed E-state index contributed by atoms with van der Waals surface area (Å²) < 4.78 is 48.6. The van der Waals surface area contributed by atoms with Crippen LogP contribution in [0.15, 0.2) is 18.2 Å². The topological polar surface area (TPSA) is 66.4 Å². The molecule has 0 saturated heterocycles. The van der Waals surface area contributed by atoms with Crippen LogP contribution in [0.4, 0.5) is 4.39 Å². The highest BCUT2D eigenvalue weighted by Gasteiger charge is 2.03. The van der Waals surface area contributed by atoms with E-state index in [4.69, 9.17) is 4.74 Å². The van der Waals surface area contributed by atoms with Crippen molar-refractivity contribution in [2.24, 2.45) is 0 Å². The van der Waals surface area contributed by atoms with Gasteiger partial charge in [0.1, 0.15) is 6.61 Å². The van der Waals surface area contributed by atoms with E-state index in [0.29, 0.717) is 0 Å². The summed E-state index contributed by atoms with van der Waals surface area (Å²) in [5.74, 6) is -1.29. The van der Waals surface area contributed by atoms with Crippen molar-refractivity contribution in [3.05, 3.63) is 29.6 Å². The van der Waals surface area contributed by atoms with Crippen molar-refractivity contribution < 1.29 is 22.1 Å². The van der Waals surface area contributed by atoms with Crippen LogP contribution in [0, 0.1) is 12.7 Å². The van der Waals surface area contributed by atoms with Crippen LogP contribution in [0.3, 0.4) is 0 Å². The Morgan fingerprint density at radius 3 is 2.67 bits per heavy atom. The van der Waals surface area contributed by atoms with Gasteiger partial charge in [-0.2, -0.15) is 0 Å². The lowest BCUT2D eigenvalue weighted by Gasteiger charge is -2.09. The van der Waals surface area contributed by atoms with Crippen LogP contribution in [0.25, 0.3) is 0 Å². The number of ether oxygens (including phenoxy) is 1. The van der Waals surface area contributed by atoms with Gasteiger partial charge in [-0.1, -0.05) is 6.07 Å². The zero-order chi connectivity index (χ0) is 11.5. The Hall–Kier alpha value is -1.14. The van der Waals surface area contributed by atoms with Crippen molar-refractivity contribution in [2.45, 2.75) is 6.92 Å². The second-order valence-electron chi connectivity index (χ2n) is 3.04. The van der Waals surface area contributed by atoms with Crippen molar-refractivity contribution in [1.29, 1.82) is 0 Å². The van der Waals surface area contributed by atoms with Crippen molar-refractivity contribution in [3.8, 4) is 5.75 Å². The third-order valence-corrected chi connectivity index (χ3v) is 2.34. The van der Waals surface area contributed by atoms with Gasteiger partial charge in [-0.05, 0) is 24.6 Å². The normalized spacial score (nSPS) is 11.4. The zero-order valence-electron chi connectivity index (χ0n) is 8.07. The lowest BCUT2D eigenvalue weighted by Crippen LogP contribution is -2.13. The zero-order valence-corrected chi connectivity index (χ0v) is 8.88. The summed E-state index contributed by atoms with van der Waals surface area (Å²) in [6, 6.07) is 4.28. The van der Waals surface area contributed by atoms with E-state index in [2.05, 4.69) is 0 Å².